The molecule has 3 heterocycles. The quantitative estimate of drug-likeness (QED) is 0.673. The first-order valence-electron chi connectivity index (χ1n) is 9.32. The van der Waals surface area contributed by atoms with Gasteiger partial charge in [0.05, 0.1) is 26.6 Å². The van der Waals surface area contributed by atoms with Crippen molar-refractivity contribution >= 4 is 23.0 Å². The molecule has 1 saturated heterocycles. The maximum absolute atomic E-state index is 12.3. The largest absolute Gasteiger partial charge is 0.467 e. The van der Waals surface area contributed by atoms with Crippen LogP contribution in [0.25, 0.3) is 11.2 Å². The van der Waals surface area contributed by atoms with Crippen LogP contribution in [0.4, 0.5) is 5.82 Å². The Morgan fingerprint density at radius 3 is 2.79 bits per heavy atom. The van der Waals surface area contributed by atoms with Crippen LogP contribution in [0.2, 0.25) is 0 Å². The fraction of sp³-hybridized carbons (Fsp3) is 0.400. The molecule has 2 aromatic heterocycles. The van der Waals surface area contributed by atoms with Crippen molar-refractivity contribution in [1.29, 1.82) is 0 Å². The van der Waals surface area contributed by atoms with Crippen LogP contribution in [0.15, 0.2) is 36.9 Å². The molecule has 2 atom stereocenters. The fourth-order valence-corrected chi connectivity index (χ4v) is 3.91. The van der Waals surface area contributed by atoms with Gasteiger partial charge in [0.25, 0.3) is 0 Å². The van der Waals surface area contributed by atoms with Crippen molar-refractivity contribution in [1.82, 2.24) is 19.5 Å². The minimum Gasteiger partial charge on any atom is -0.467 e. The monoisotopic (exact) mass is 381 g/mol. The molecule has 1 aliphatic heterocycles. The number of fused-ring (bicyclic) bond motifs is 1. The molecule has 0 radical (unpaired) electrons. The van der Waals surface area contributed by atoms with Gasteiger partial charge in [-0.25, -0.2) is 19.7 Å². The molecule has 8 heteroatoms. The number of hydrogen-bond acceptors (Lipinski definition) is 7. The van der Waals surface area contributed by atoms with E-state index in [4.69, 9.17) is 4.74 Å². The second kappa shape index (κ2) is 7.55. The van der Waals surface area contributed by atoms with E-state index in [2.05, 4.69) is 15.0 Å². The van der Waals surface area contributed by atoms with Crippen molar-refractivity contribution in [3.8, 4) is 0 Å². The van der Waals surface area contributed by atoms with E-state index in [1.807, 2.05) is 40.7 Å². The molecule has 1 aliphatic rings. The van der Waals surface area contributed by atoms with Crippen molar-refractivity contribution < 1.29 is 14.6 Å². The van der Waals surface area contributed by atoms with Gasteiger partial charge in [-0.2, -0.15) is 0 Å². The van der Waals surface area contributed by atoms with E-state index in [9.17, 15) is 9.90 Å². The maximum Gasteiger partial charge on any atom is 0.328 e. The van der Waals surface area contributed by atoms with Crippen molar-refractivity contribution in [2.75, 3.05) is 18.6 Å². The van der Waals surface area contributed by atoms with Gasteiger partial charge in [-0.3, -0.25) is 0 Å². The SMILES string of the molecule is COC(=O)C1C(C)CCN1c1ncnc2c1ncn2Cc1ccccc1CO. The molecule has 8 nitrogen and oxygen atoms in total. The van der Waals surface area contributed by atoms with Crippen LogP contribution in [0.5, 0.6) is 0 Å². The van der Waals surface area contributed by atoms with Crippen LogP contribution in [0, 0.1) is 5.92 Å². The maximum atomic E-state index is 12.3. The third-order valence-electron chi connectivity index (χ3n) is 5.43. The molecule has 0 aliphatic carbocycles. The Labute approximate surface area is 162 Å². The zero-order chi connectivity index (χ0) is 19.7. The van der Waals surface area contributed by atoms with Crippen LogP contribution < -0.4 is 4.90 Å². The number of benzene rings is 1. The number of aliphatic hydroxyl groups is 1. The number of aliphatic hydroxyl groups excluding tert-OH is 1. The average molecular weight is 381 g/mol. The van der Waals surface area contributed by atoms with E-state index in [0.29, 0.717) is 30.1 Å². The topological polar surface area (TPSA) is 93.4 Å². The lowest BCUT2D eigenvalue weighted by Crippen LogP contribution is -2.40. The highest BCUT2D eigenvalue weighted by molar-refractivity contribution is 5.88. The van der Waals surface area contributed by atoms with E-state index in [-0.39, 0.29) is 24.5 Å². The summed E-state index contributed by atoms with van der Waals surface area (Å²) in [6.07, 6.45) is 4.12. The van der Waals surface area contributed by atoms with Gasteiger partial charge in [0, 0.05) is 6.54 Å². The van der Waals surface area contributed by atoms with Gasteiger partial charge in [-0.15, -0.1) is 0 Å². The van der Waals surface area contributed by atoms with Crippen LogP contribution >= 0.6 is 0 Å². The summed E-state index contributed by atoms with van der Waals surface area (Å²) in [6, 6.07) is 7.36. The van der Waals surface area contributed by atoms with E-state index in [1.165, 1.54) is 13.4 Å². The zero-order valence-corrected chi connectivity index (χ0v) is 15.9. The molecule has 0 saturated carbocycles. The number of hydrogen-bond donors (Lipinski definition) is 1. The summed E-state index contributed by atoms with van der Waals surface area (Å²) >= 11 is 0. The number of anilines is 1. The molecule has 28 heavy (non-hydrogen) atoms. The minimum atomic E-state index is -0.372. The first-order valence-corrected chi connectivity index (χ1v) is 9.32. The molecule has 0 amide bonds. The number of nitrogens with zero attached hydrogens (tertiary/aromatic N) is 5. The smallest absolute Gasteiger partial charge is 0.328 e. The lowest BCUT2D eigenvalue weighted by Gasteiger charge is -2.25. The van der Waals surface area contributed by atoms with Gasteiger partial charge in [0.15, 0.2) is 17.0 Å². The molecule has 1 N–H and O–H groups in total. The molecule has 1 fully saturated rings. The van der Waals surface area contributed by atoms with E-state index < -0.39 is 0 Å². The normalized spacial score (nSPS) is 19.3. The highest BCUT2D eigenvalue weighted by Gasteiger charge is 2.39. The Morgan fingerprint density at radius 2 is 2.04 bits per heavy atom. The number of carbonyl (C=O) groups is 1. The molecular formula is C20H23N5O3. The average Bonchev–Trinajstić information content (AvgIpc) is 3.31. The third-order valence-corrected chi connectivity index (χ3v) is 5.43. The number of carbonyl (C=O) groups excluding carboxylic acids is 1. The lowest BCUT2D eigenvalue weighted by atomic mass is 10.0. The lowest BCUT2D eigenvalue weighted by molar-refractivity contribution is -0.142. The van der Waals surface area contributed by atoms with Crippen LogP contribution in [0.1, 0.15) is 24.5 Å². The number of ether oxygens (including phenoxy) is 1. The number of aromatic nitrogens is 4. The van der Waals surface area contributed by atoms with Gasteiger partial charge in [0.1, 0.15) is 12.4 Å². The van der Waals surface area contributed by atoms with E-state index in [0.717, 1.165) is 17.5 Å². The van der Waals surface area contributed by atoms with Gasteiger partial charge < -0.3 is 19.3 Å². The standard InChI is InChI=1S/C20H23N5O3/c1-13-7-8-25(17(13)20(27)28-2)19-16-18(21-11-22-19)24(12-23-16)9-14-5-3-4-6-15(14)10-26/h3-6,11-13,17,26H,7-10H2,1-2H3. The minimum absolute atomic E-state index is 0.0183. The predicted octanol–water partition coefficient (Wildman–Crippen LogP) is 1.75. The Hall–Kier alpha value is -3.00. The first-order chi connectivity index (χ1) is 13.6. The number of esters is 1. The van der Waals surface area contributed by atoms with Crippen molar-refractivity contribution in [3.05, 3.63) is 48.0 Å². The van der Waals surface area contributed by atoms with Crippen molar-refractivity contribution in [3.63, 3.8) is 0 Å². The molecule has 3 aromatic rings. The van der Waals surface area contributed by atoms with Gasteiger partial charge >= 0.3 is 5.97 Å². The van der Waals surface area contributed by atoms with Crippen molar-refractivity contribution in [2.24, 2.45) is 5.92 Å². The first kappa shape index (κ1) is 18.4. The highest BCUT2D eigenvalue weighted by atomic mass is 16.5. The Morgan fingerprint density at radius 1 is 1.25 bits per heavy atom. The molecule has 2 unspecified atom stereocenters. The summed E-state index contributed by atoms with van der Waals surface area (Å²) in [5.74, 6) is 0.572. The predicted molar refractivity (Wildman–Crippen MR) is 104 cm³/mol. The molecule has 146 valence electrons. The molecule has 1 aromatic carbocycles. The highest BCUT2D eigenvalue weighted by Crippen LogP contribution is 2.32. The second-order valence-electron chi connectivity index (χ2n) is 7.10. The zero-order valence-electron chi connectivity index (χ0n) is 15.9. The molecule has 0 bridgehead atoms. The number of rotatable bonds is 5. The summed E-state index contributed by atoms with van der Waals surface area (Å²) in [6.45, 7) is 3.29. The van der Waals surface area contributed by atoms with Gasteiger partial charge in [0.2, 0.25) is 0 Å². The van der Waals surface area contributed by atoms with Gasteiger partial charge in [-0.1, -0.05) is 31.2 Å². The summed E-state index contributed by atoms with van der Waals surface area (Å²) < 4.78 is 6.94. The third kappa shape index (κ3) is 3.09. The summed E-state index contributed by atoms with van der Waals surface area (Å²) in [4.78, 5) is 27.7. The number of methoxy groups -OCH3 is 1. The number of imidazole rings is 1. The van der Waals surface area contributed by atoms with Crippen LogP contribution in [-0.4, -0.2) is 50.3 Å². The fourth-order valence-electron chi connectivity index (χ4n) is 3.91. The van der Waals surface area contributed by atoms with Crippen LogP contribution in [0.3, 0.4) is 0 Å². The van der Waals surface area contributed by atoms with Gasteiger partial charge in [-0.05, 0) is 23.5 Å². The molecule has 4 rings (SSSR count). The van der Waals surface area contributed by atoms with Crippen molar-refractivity contribution in [2.45, 2.75) is 32.5 Å². The summed E-state index contributed by atoms with van der Waals surface area (Å²) in [5.41, 5.74) is 3.23. The van der Waals surface area contributed by atoms with E-state index in [1.54, 1.807) is 6.33 Å². The Kier molecular flexibility index (Phi) is 4.95. The summed E-state index contributed by atoms with van der Waals surface area (Å²) in [5, 5.41) is 9.58. The Balaban J connectivity index is 1.72. The van der Waals surface area contributed by atoms with E-state index >= 15 is 0 Å². The second-order valence-corrected chi connectivity index (χ2v) is 7.10. The Bertz CT molecular complexity index is 1000. The molecule has 0 spiro atoms. The summed E-state index contributed by atoms with van der Waals surface area (Å²) in [7, 11) is 1.41. The molecular weight excluding hydrogens is 358 g/mol. The van der Waals surface area contributed by atoms with Crippen LogP contribution in [-0.2, 0) is 22.7 Å².